The Kier molecular flexibility index (Phi) is 2.60. The zero-order chi connectivity index (χ0) is 8.27. The molecule has 1 aromatic heterocycles. The fraction of sp³-hybridized carbons (Fsp3) is 0.286. The second kappa shape index (κ2) is 3.49. The van der Waals surface area contributed by atoms with Gasteiger partial charge in [0.25, 0.3) is 0 Å². The molecule has 3 nitrogen and oxygen atoms in total. The van der Waals surface area contributed by atoms with Gasteiger partial charge in [-0.2, -0.15) is 5.26 Å². The van der Waals surface area contributed by atoms with Crippen molar-refractivity contribution in [2.45, 2.75) is 6.10 Å². The molecule has 0 saturated heterocycles. The maximum Gasteiger partial charge on any atom is 0.100 e. The Morgan fingerprint density at radius 3 is 3.00 bits per heavy atom. The van der Waals surface area contributed by atoms with E-state index in [1.165, 1.54) is 11.3 Å². The molecule has 11 heavy (non-hydrogen) atoms. The molecule has 0 amide bonds. The number of hydrogen-bond acceptors (Lipinski definition) is 4. The van der Waals surface area contributed by atoms with Crippen LogP contribution in [0.2, 0.25) is 0 Å². The monoisotopic (exact) mass is 168 g/mol. The number of nitrogens with zero attached hydrogens (tertiary/aromatic N) is 1. The van der Waals surface area contributed by atoms with Crippen molar-refractivity contribution in [3.05, 3.63) is 21.9 Å². The summed E-state index contributed by atoms with van der Waals surface area (Å²) in [7, 11) is 0. The van der Waals surface area contributed by atoms with Crippen LogP contribution in [0.25, 0.3) is 0 Å². The average Bonchev–Trinajstić information content (AvgIpc) is 2.50. The molecular weight excluding hydrogens is 160 g/mol. The lowest BCUT2D eigenvalue weighted by Gasteiger charge is -2.01. The van der Waals surface area contributed by atoms with Gasteiger partial charge in [-0.1, -0.05) is 0 Å². The summed E-state index contributed by atoms with van der Waals surface area (Å²) in [6.07, 6.45) is -0.623. The Morgan fingerprint density at radius 2 is 2.55 bits per heavy atom. The zero-order valence-corrected chi connectivity index (χ0v) is 6.64. The summed E-state index contributed by atoms with van der Waals surface area (Å²) in [5.74, 6) is 0. The van der Waals surface area contributed by atoms with Crippen molar-refractivity contribution in [1.82, 2.24) is 0 Å². The van der Waals surface area contributed by atoms with Crippen molar-refractivity contribution in [1.29, 1.82) is 5.26 Å². The van der Waals surface area contributed by atoms with Crippen molar-refractivity contribution in [3.8, 4) is 6.07 Å². The van der Waals surface area contributed by atoms with Crippen molar-refractivity contribution >= 4 is 11.3 Å². The van der Waals surface area contributed by atoms with Crippen LogP contribution in [0.15, 0.2) is 11.4 Å². The van der Waals surface area contributed by atoms with Gasteiger partial charge in [0.1, 0.15) is 12.2 Å². The van der Waals surface area contributed by atoms with E-state index in [1.54, 1.807) is 11.4 Å². The van der Waals surface area contributed by atoms with Crippen LogP contribution in [0.4, 0.5) is 0 Å². The Hall–Kier alpha value is -0.890. The summed E-state index contributed by atoms with van der Waals surface area (Å²) in [6, 6.07) is 3.64. The largest absolute Gasteiger partial charge is 0.386 e. The van der Waals surface area contributed by atoms with Crippen molar-refractivity contribution in [2.75, 3.05) is 6.54 Å². The highest BCUT2D eigenvalue weighted by Gasteiger charge is 2.07. The quantitative estimate of drug-likeness (QED) is 0.679. The number of nitrogens with two attached hydrogens (primary N) is 1. The van der Waals surface area contributed by atoms with E-state index in [2.05, 4.69) is 0 Å². The van der Waals surface area contributed by atoms with Gasteiger partial charge in [-0.3, -0.25) is 0 Å². The van der Waals surface area contributed by atoms with E-state index in [4.69, 9.17) is 11.0 Å². The second-order valence-electron chi connectivity index (χ2n) is 2.10. The number of thiophene rings is 1. The summed E-state index contributed by atoms with van der Waals surface area (Å²) >= 11 is 1.35. The van der Waals surface area contributed by atoms with Crippen molar-refractivity contribution in [2.24, 2.45) is 5.73 Å². The van der Waals surface area contributed by atoms with Gasteiger partial charge < -0.3 is 10.8 Å². The highest BCUT2D eigenvalue weighted by Crippen LogP contribution is 2.20. The number of nitriles is 1. The molecule has 4 heteroatoms. The van der Waals surface area contributed by atoms with Gasteiger partial charge in [0.15, 0.2) is 0 Å². The van der Waals surface area contributed by atoms with E-state index in [0.717, 1.165) is 4.88 Å². The van der Waals surface area contributed by atoms with Gasteiger partial charge in [0, 0.05) is 16.8 Å². The molecule has 0 aliphatic rings. The molecule has 0 aliphatic carbocycles. The molecule has 1 aromatic rings. The van der Waals surface area contributed by atoms with Crippen LogP contribution >= 0.6 is 11.3 Å². The highest BCUT2D eigenvalue weighted by molar-refractivity contribution is 7.10. The number of hydrogen-bond donors (Lipinski definition) is 2. The Morgan fingerprint density at radius 1 is 1.82 bits per heavy atom. The lowest BCUT2D eigenvalue weighted by molar-refractivity contribution is 0.190. The predicted octanol–water partition coefficient (Wildman–Crippen LogP) is 0.612. The summed E-state index contributed by atoms with van der Waals surface area (Å²) in [6.45, 7) is 0.200. The van der Waals surface area contributed by atoms with Crippen LogP contribution in [0, 0.1) is 11.3 Å². The Bertz CT molecular complexity index is 276. The summed E-state index contributed by atoms with van der Waals surface area (Å²) in [4.78, 5) is 0.754. The van der Waals surface area contributed by atoms with Crippen LogP contribution in [0.1, 0.15) is 16.5 Å². The summed E-state index contributed by atoms with van der Waals surface area (Å²) in [5.41, 5.74) is 5.81. The fourth-order valence-corrected chi connectivity index (χ4v) is 1.53. The molecule has 1 heterocycles. The summed E-state index contributed by atoms with van der Waals surface area (Å²) < 4.78 is 0. The smallest absolute Gasteiger partial charge is 0.100 e. The van der Waals surface area contributed by atoms with Gasteiger partial charge >= 0.3 is 0 Å². The number of aliphatic hydroxyl groups excluding tert-OH is 1. The molecule has 0 fully saturated rings. The molecular formula is C7H8N2OS. The van der Waals surface area contributed by atoms with Gasteiger partial charge in [-0.05, 0) is 6.07 Å². The highest BCUT2D eigenvalue weighted by atomic mass is 32.1. The van der Waals surface area contributed by atoms with Crippen LogP contribution in [-0.2, 0) is 0 Å². The first-order valence-electron chi connectivity index (χ1n) is 3.14. The molecule has 0 saturated carbocycles. The van der Waals surface area contributed by atoms with Gasteiger partial charge in [-0.25, -0.2) is 0 Å². The fourth-order valence-electron chi connectivity index (χ4n) is 0.702. The molecule has 0 unspecified atom stereocenters. The third kappa shape index (κ3) is 1.77. The molecule has 1 atom stereocenters. The summed E-state index contributed by atoms with van der Waals surface area (Å²) in [5, 5.41) is 19.4. The Labute approximate surface area is 68.7 Å². The lowest BCUT2D eigenvalue weighted by atomic mass is 10.2. The molecule has 0 radical (unpaired) electrons. The van der Waals surface area contributed by atoms with Gasteiger partial charge in [0.05, 0.1) is 5.56 Å². The van der Waals surface area contributed by atoms with Gasteiger partial charge in [0.2, 0.25) is 0 Å². The molecule has 0 aliphatic heterocycles. The molecule has 3 N–H and O–H groups in total. The van der Waals surface area contributed by atoms with E-state index in [0.29, 0.717) is 5.56 Å². The normalized spacial score (nSPS) is 12.5. The third-order valence-electron chi connectivity index (χ3n) is 1.30. The van der Waals surface area contributed by atoms with E-state index in [9.17, 15) is 5.11 Å². The standard InChI is InChI=1S/C7H8N2OS/c8-2-5-1-7(11-4-5)6(10)3-9/h1,4,6,10H,3,9H2/t6-/m1/s1. The molecule has 0 aromatic carbocycles. The number of aliphatic hydroxyl groups is 1. The minimum Gasteiger partial charge on any atom is -0.386 e. The maximum atomic E-state index is 9.21. The minimum atomic E-state index is -0.623. The van der Waals surface area contributed by atoms with Crippen LogP contribution < -0.4 is 5.73 Å². The number of rotatable bonds is 2. The van der Waals surface area contributed by atoms with E-state index < -0.39 is 6.10 Å². The first-order chi connectivity index (χ1) is 5.27. The molecule has 58 valence electrons. The third-order valence-corrected chi connectivity index (χ3v) is 2.33. The van der Waals surface area contributed by atoms with Gasteiger partial charge in [-0.15, -0.1) is 11.3 Å². The van der Waals surface area contributed by atoms with E-state index >= 15 is 0 Å². The first kappa shape index (κ1) is 8.21. The first-order valence-corrected chi connectivity index (χ1v) is 4.02. The average molecular weight is 168 g/mol. The second-order valence-corrected chi connectivity index (χ2v) is 3.04. The lowest BCUT2D eigenvalue weighted by Crippen LogP contribution is -2.09. The van der Waals surface area contributed by atoms with E-state index in [-0.39, 0.29) is 6.54 Å². The molecule has 0 bridgehead atoms. The SMILES string of the molecule is N#Cc1csc([C@H](O)CN)c1. The predicted molar refractivity (Wildman–Crippen MR) is 43.0 cm³/mol. The molecule has 0 spiro atoms. The molecule has 1 rings (SSSR count). The topological polar surface area (TPSA) is 70.0 Å². The van der Waals surface area contributed by atoms with Crippen molar-refractivity contribution in [3.63, 3.8) is 0 Å². The zero-order valence-electron chi connectivity index (χ0n) is 5.82. The van der Waals surface area contributed by atoms with Crippen LogP contribution in [-0.4, -0.2) is 11.7 Å². The minimum absolute atomic E-state index is 0.200. The van der Waals surface area contributed by atoms with Crippen LogP contribution in [0.5, 0.6) is 0 Å². The maximum absolute atomic E-state index is 9.21. The van der Waals surface area contributed by atoms with Crippen LogP contribution in [0.3, 0.4) is 0 Å². The van der Waals surface area contributed by atoms with E-state index in [1.807, 2.05) is 6.07 Å². The Balaban J connectivity index is 2.82. The van der Waals surface area contributed by atoms with Crippen molar-refractivity contribution < 1.29 is 5.11 Å².